The first-order valence-corrected chi connectivity index (χ1v) is 12.4. The highest BCUT2D eigenvalue weighted by Gasteiger charge is 2.21. The molecule has 0 spiro atoms. The number of nitrogens with zero attached hydrogens (tertiary/aromatic N) is 4. The van der Waals surface area contributed by atoms with Gasteiger partial charge in [-0.3, -0.25) is 9.59 Å². The van der Waals surface area contributed by atoms with Gasteiger partial charge in [-0.1, -0.05) is 47.2 Å². The molecule has 0 radical (unpaired) electrons. The fraction of sp³-hybridized carbons (Fsp3) is 0.304. The summed E-state index contributed by atoms with van der Waals surface area (Å²) in [5.41, 5.74) is 3.06. The van der Waals surface area contributed by atoms with Crippen LogP contribution in [-0.4, -0.2) is 58.8 Å². The molecule has 1 fully saturated rings. The van der Waals surface area contributed by atoms with E-state index in [0.29, 0.717) is 16.5 Å². The smallest absolute Gasteiger partial charge is 0.286 e. The first-order chi connectivity index (χ1) is 15.6. The fourth-order valence-corrected chi connectivity index (χ4v) is 5.10. The molecule has 3 aromatic rings. The monoisotopic (exact) mass is 467 g/mol. The van der Waals surface area contributed by atoms with Crippen LogP contribution in [0.3, 0.4) is 0 Å². The molecule has 0 atom stereocenters. The first-order valence-electron chi connectivity index (χ1n) is 10.4. The largest absolute Gasteiger partial charge is 0.368 e. The van der Waals surface area contributed by atoms with Crippen LogP contribution in [0.5, 0.6) is 0 Å². The minimum atomic E-state index is -0.269. The van der Waals surface area contributed by atoms with Crippen molar-refractivity contribution in [3.63, 3.8) is 0 Å². The molecule has 0 unspecified atom stereocenters. The second kappa shape index (κ2) is 10.6. The van der Waals surface area contributed by atoms with Crippen LogP contribution >= 0.6 is 23.1 Å². The van der Waals surface area contributed by atoms with E-state index in [2.05, 4.69) is 32.5 Å². The summed E-state index contributed by atoms with van der Waals surface area (Å²) >= 11 is 2.77. The summed E-state index contributed by atoms with van der Waals surface area (Å²) in [5, 5.41) is 12.0. The number of aryl methyl sites for hydroxylation is 1. The highest BCUT2D eigenvalue weighted by atomic mass is 32.2. The third-order valence-electron chi connectivity index (χ3n) is 5.18. The van der Waals surface area contributed by atoms with Gasteiger partial charge in [0.2, 0.25) is 10.9 Å². The standard InChI is InChI=1S/C23H25N5O2S2/c1-17-7-9-18(10-8-17)24-22(30)23-26-25-20(32-23)15-31-16-21(29)28-13-11-27(12-14-28)19-5-3-2-4-6-19/h2-10H,11-16H2,1H3,(H,24,30). The summed E-state index contributed by atoms with van der Waals surface area (Å²) in [6.07, 6.45) is 0. The number of rotatable bonds is 7. The van der Waals surface area contributed by atoms with Crippen LogP contribution in [0.4, 0.5) is 11.4 Å². The lowest BCUT2D eigenvalue weighted by atomic mass is 10.2. The lowest BCUT2D eigenvalue weighted by molar-refractivity contribution is -0.128. The van der Waals surface area contributed by atoms with Gasteiger partial charge in [-0.2, -0.15) is 0 Å². The molecule has 7 nitrogen and oxygen atoms in total. The molecule has 1 aliphatic heterocycles. The molecule has 0 aliphatic carbocycles. The number of thioether (sulfide) groups is 1. The third-order valence-corrected chi connectivity index (χ3v) is 7.21. The zero-order valence-corrected chi connectivity index (χ0v) is 19.5. The van der Waals surface area contributed by atoms with Crippen LogP contribution in [0, 0.1) is 6.92 Å². The molecule has 1 N–H and O–H groups in total. The number of amides is 2. The van der Waals surface area contributed by atoms with E-state index >= 15 is 0 Å². The average molecular weight is 468 g/mol. The Bertz CT molecular complexity index is 1050. The van der Waals surface area contributed by atoms with Gasteiger partial charge in [0.05, 0.1) is 5.75 Å². The van der Waals surface area contributed by atoms with E-state index in [1.54, 1.807) is 0 Å². The zero-order valence-electron chi connectivity index (χ0n) is 17.9. The molecule has 32 heavy (non-hydrogen) atoms. The molecule has 166 valence electrons. The third kappa shape index (κ3) is 5.86. The maximum absolute atomic E-state index is 12.6. The Morgan fingerprint density at radius 2 is 1.72 bits per heavy atom. The van der Waals surface area contributed by atoms with Gasteiger partial charge in [0.25, 0.3) is 5.91 Å². The summed E-state index contributed by atoms with van der Waals surface area (Å²) in [6, 6.07) is 17.9. The van der Waals surface area contributed by atoms with Crippen LogP contribution in [-0.2, 0) is 10.5 Å². The number of benzene rings is 2. The van der Waals surface area contributed by atoms with Crippen molar-refractivity contribution in [2.75, 3.05) is 42.1 Å². The fourth-order valence-electron chi connectivity index (χ4n) is 3.39. The summed E-state index contributed by atoms with van der Waals surface area (Å²) in [5.74, 6) is 0.834. The Labute approximate surface area is 195 Å². The Kier molecular flexibility index (Phi) is 7.39. The molecule has 1 aromatic heterocycles. The molecule has 0 bridgehead atoms. The second-order valence-electron chi connectivity index (χ2n) is 7.52. The first kappa shape index (κ1) is 22.3. The number of para-hydroxylation sites is 1. The number of anilines is 2. The molecule has 1 aliphatic rings. The minimum absolute atomic E-state index is 0.143. The van der Waals surface area contributed by atoms with E-state index in [-0.39, 0.29) is 11.8 Å². The number of hydrogen-bond acceptors (Lipinski definition) is 7. The van der Waals surface area contributed by atoms with Gasteiger partial charge in [0.15, 0.2) is 0 Å². The van der Waals surface area contributed by atoms with Crippen LogP contribution < -0.4 is 10.2 Å². The number of aromatic nitrogens is 2. The Morgan fingerprint density at radius 1 is 1.00 bits per heavy atom. The zero-order chi connectivity index (χ0) is 22.3. The van der Waals surface area contributed by atoms with E-state index in [4.69, 9.17) is 0 Å². The van der Waals surface area contributed by atoms with Crippen LogP contribution in [0.15, 0.2) is 54.6 Å². The van der Waals surface area contributed by atoms with Crippen molar-refractivity contribution in [2.45, 2.75) is 12.7 Å². The summed E-state index contributed by atoms with van der Waals surface area (Å²) in [6.45, 7) is 5.15. The van der Waals surface area contributed by atoms with Crippen LogP contribution in [0.25, 0.3) is 0 Å². The van der Waals surface area contributed by atoms with Crippen LogP contribution in [0.1, 0.15) is 20.4 Å². The molecule has 2 amide bonds. The Balaban J connectivity index is 1.19. The molecule has 0 saturated carbocycles. The molecule has 4 rings (SSSR count). The number of carbonyl (C=O) groups excluding carboxylic acids is 2. The van der Waals surface area contributed by atoms with E-state index in [0.717, 1.165) is 42.4 Å². The van der Waals surface area contributed by atoms with Crippen molar-refractivity contribution in [1.29, 1.82) is 0 Å². The van der Waals surface area contributed by atoms with Gasteiger partial charge in [-0.05, 0) is 31.2 Å². The molecule has 1 saturated heterocycles. The Morgan fingerprint density at radius 3 is 2.44 bits per heavy atom. The number of piperazine rings is 1. The summed E-state index contributed by atoms with van der Waals surface area (Å²) in [7, 11) is 0. The predicted molar refractivity (Wildman–Crippen MR) is 130 cm³/mol. The number of carbonyl (C=O) groups is 2. The van der Waals surface area contributed by atoms with Gasteiger partial charge in [0.1, 0.15) is 5.01 Å². The minimum Gasteiger partial charge on any atom is -0.368 e. The number of hydrogen-bond donors (Lipinski definition) is 1. The van der Waals surface area contributed by atoms with E-state index in [9.17, 15) is 9.59 Å². The molecule has 2 aromatic carbocycles. The van der Waals surface area contributed by atoms with Crippen molar-refractivity contribution < 1.29 is 9.59 Å². The normalized spacial score (nSPS) is 13.8. The Hall–Kier alpha value is -2.91. The molecular weight excluding hydrogens is 442 g/mol. The van der Waals surface area contributed by atoms with Crippen molar-refractivity contribution in [3.05, 3.63) is 70.2 Å². The van der Waals surface area contributed by atoms with Crippen molar-refractivity contribution in [2.24, 2.45) is 0 Å². The summed E-state index contributed by atoms with van der Waals surface area (Å²) < 4.78 is 0. The highest BCUT2D eigenvalue weighted by molar-refractivity contribution is 7.99. The van der Waals surface area contributed by atoms with E-state index < -0.39 is 0 Å². The summed E-state index contributed by atoms with van der Waals surface area (Å²) in [4.78, 5) is 29.1. The van der Waals surface area contributed by atoms with Gasteiger partial charge in [0, 0.05) is 43.3 Å². The lowest BCUT2D eigenvalue weighted by Gasteiger charge is -2.36. The quantitative estimate of drug-likeness (QED) is 0.571. The maximum atomic E-state index is 12.6. The van der Waals surface area contributed by atoms with Gasteiger partial charge < -0.3 is 15.1 Å². The molecule has 2 heterocycles. The lowest BCUT2D eigenvalue weighted by Crippen LogP contribution is -2.49. The maximum Gasteiger partial charge on any atom is 0.286 e. The van der Waals surface area contributed by atoms with Crippen molar-refractivity contribution >= 4 is 46.3 Å². The van der Waals surface area contributed by atoms with Gasteiger partial charge in [-0.15, -0.1) is 22.0 Å². The second-order valence-corrected chi connectivity index (χ2v) is 9.56. The van der Waals surface area contributed by atoms with Crippen LogP contribution in [0.2, 0.25) is 0 Å². The molecule has 9 heteroatoms. The average Bonchev–Trinajstić information content (AvgIpc) is 3.30. The van der Waals surface area contributed by atoms with Crippen molar-refractivity contribution in [3.8, 4) is 0 Å². The topological polar surface area (TPSA) is 78.4 Å². The predicted octanol–water partition coefficient (Wildman–Crippen LogP) is 3.68. The number of nitrogens with one attached hydrogen (secondary N) is 1. The van der Waals surface area contributed by atoms with E-state index in [1.807, 2.05) is 54.3 Å². The molecular formula is C23H25N5O2S2. The van der Waals surface area contributed by atoms with Crippen molar-refractivity contribution in [1.82, 2.24) is 15.1 Å². The SMILES string of the molecule is Cc1ccc(NC(=O)c2nnc(CSCC(=O)N3CCN(c4ccccc4)CC3)s2)cc1. The van der Waals surface area contributed by atoms with Gasteiger partial charge in [-0.25, -0.2) is 0 Å². The van der Waals surface area contributed by atoms with E-state index in [1.165, 1.54) is 28.8 Å². The highest BCUT2D eigenvalue weighted by Crippen LogP contribution is 2.20. The van der Waals surface area contributed by atoms with Gasteiger partial charge >= 0.3 is 0 Å².